The van der Waals surface area contributed by atoms with Crippen molar-refractivity contribution in [1.82, 2.24) is 10.2 Å². The van der Waals surface area contributed by atoms with Crippen LogP contribution in [-0.2, 0) is 9.59 Å². The number of para-hydroxylation sites is 1. The van der Waals surface area contributed by atoms with E-state index >= 15 is 0 Å². The Morgan fingerprint density at radius 2 is 1.81 bits per heavy atom. The highest BCUT2D eigenvalue weighted by molar-refractivity contribution is 6.03. The van der Waals surface area contributed by atoms with E-state index in [1.807, 2.05) is 72.5 Å². The smallest absolute Gasteiger partial charge is 0.243 e. The SMILES string of the molecule is C[C@H](NC(=O)[C@H](CC(=O)N1CCC[C@@H]1c1ccccc1)Nc1cc2ccccc2o1)C1=NC=C(c2ccccc2F)C1. The minimum Gasteiger partial charge on any atom is -0.441 e. The fraction of sp³-hybridized carbons (Fsp3) is 0.265. The van der Waals surface area contributed by atoms with Gasteiger partial charge in [-0.05, 0) is 43.0 Å². The van der Waals surface area contributed by atoms with Crippen molar-refractivity contribution in [1.29, 1.82) is 0 Å². The van der Waals surface area contributed by atoms with Crippen molar-refractivity contribution in [3.63, 3.8) is 0 Å². The summed E-state index contributed by atoms with van der Waals surface area (Å²) in [7, 11) is 0. The molecule has 0 saturated carbocycles. The number of nitrogens with zero attached hydrogens (tertiary/aromatic N) is 2. The number of hydrogen-bond acceptors (Lipinski definition) is 5. The van der Waals surface area contributed by atoms with Gasteiger partial charge in [-0.25, -0.2) is 4.39 Å². The van der Waals surface area contributed by atoms with Gasteiger partial charge in [-0.1, -0.05) is 66.7 Å². The van der Waals surface area contributed by atoms with Crippen LogP contribution in [0.5, 0.6) is 0 Å². The molecule has 3 atom stereocenters. The Morgan fingerprint density at radius 3 is 2.62 bits per heavy atom. The Hall–Kier alpha value is -4.72. The number of nitrogens with one attached hydrogen (secondary N) is 2. The highest BCUT2D eigenvalue weighted by atomic mass is 19.1. The topological polar surface area (TPSA) is 86.9 Å². The summed E-state index contributed by atoms with van der Waals surface area (Å²) >= 11 is 0. The summed E-state index contributed by atoms with van der Waals surface area (Å²) in [6.45, 7) is 2.50. The predicted octanol–water partition coefficient (Wildman–Crippen LogP) is 6.50. The molecule has 4 aromatic rings. The third-order valence-electron chi connectivity index (χ3n) is 8.03. The van der Waals surface area contributed by atoms with Crippen molar-refractivity contribution in [3.8, 4) is 0 Å². The molecule has 2 N–H and O–H groups in total. The largest absolute Gasteiger partial charge is 0.441 e. The summed E-state index contributed by atoms with van der Waals surface area (Å²) in [6, 6.07) is 24.7. The van der Waals surface area contributed by atoms with E-state index in [0.29, 0.717) is 30.0 Å². The van der Waals surface area contributed by atoms with Crippen molar-refractivity contribution in [2.45, 2.75) is 50.7 Å². The highest BCUT2D eigenvalue weighted by Crippen LogP contribution is 2.33. The van der Waals surface area contributed by atoms with Crippen LogP contribution in [0.3, 0.4) is 0 Å². The number of aliphatic imine (C=N–C) groups is 1. The standard InChI is InChI=1S/C34H33FN4O3/c1-22(28-18-25(21-36-28)26-13-6-7-14-27(26)35)37-34(41)29(38-32-19-24-12-5-8-16-31(24)42-32)20-33(40)39-17-9-15-30(39)23-10-3-2-4-11-23/h2-8,10-14,16,19,21-22,29-30,38H,9,15,17-18,20H2,1H3,(H,37,41)/t22-,29-,30+/m0/s1. The van der Waals surface area contributed by atoms with Crippen molar-refractivity contribution in [3.05, 3.63) is 108 Å². The molecule has 214 valence electrons. The van der Waals surface area contributed by atoms with Crippen LogP contribution in [0.4, 0.5) is 10.3 Å². The number of benzene rings is 3. The van der Waals surface area contributed by atoms with Gasteiger partial charge in [0.25, 0.3) is 0 Å². The number of furan rings is 1. The van der Waals surface area contributed by atoms with Gasteiger partial charge < -0.3 is 20.0 Å². The van der Waals surface area contributed by atoms with E-state index in [1.165, 1.54) is 6.07 Å². The Balaban J connectivity index is 1.17. The first-order valence-electron chi connectivity index (χ1n) is 14.4. The molecule has 1 fully saturated rings. The van der Waals surface area contributed by atoms with E-state index in [2.05, 4.69) is 15.6 Å². The fourth-order valence-corrected chi connectivity index (χ4v) is 5.81. The summed E-state index contributed by atoms with van der Waals surface area (Å²) in [5.41, 5.74) is 3.77. The van der Waals surface area contributed by atoms with Gasteiger partial charge in [0.05, 0.1) is 18.5 Å². The number of fused-ring (bicyclic) bond motifs is 1. The molecule has 1 saturated heterocycles. The molecule has 8 heteroatoms. The number of anilines is 1. The van der Waals surface area contributed by atoms with Gasteiger partial charge in [0.15, 0.2) is 5.88 Å². The van der Waals surface area contributed by atoms with Crippen LogP contribution in [0.1, 0.15) is 49.8 Å². The molecule has 6 rings (SSSR count). The lowest BCUT2D eigenvalue weighted by atomic mass is 9.99. The van der Waals surface area contributed by atoms with Gasteiger partial charge in [0.2, 0.25) is 11.8 Å². The molecule has 0 spiro atoms. The van der Waals surface area contributed by atoms with Gasteiger partial charge in [0.1, 0.15) is 17.4 Å². The summed E-state index contributed by atoms with van der Waals surface area (Å²) in [4.78, 5) is 33.8. The van der Waals surface area contributed by atoms with Crippen molar-refractivity contribution >= 4 is 40.0 Å². The maximum atomic E-state index is 14.3. The van der Waals surface area contributed by atoms with E-state index in [0.717, 1.165) is 35.1 Å². The molecular formula is C34H33FN4O3. The van der Waals surface area contributed by atoms with Crippen LogP contribution in [0.2, 0.25) is 0 Å². The minimum atomic E-state index is -0.876. The lowest BCUT2D eigenvalue weighted by Gasteiger charge is -2.28. The summed E-state index contributed by atoms with van der Waals surface area (Å²) in [6.07, 6.45) is 3.84. The van der Waals surface area contributed by atoms with Crippen LogP contribution in [0.15, 0.2) is 101 Å². The number of carbonyl (C=O) groups is 2. The van der Waals surface area contributed by atoms with Gasteiger partial charge in [-0.15, -0.1) is 0 Å². The number of allylic oxidation sites excluding steroid dienone is 1. The number of likely N-dealkylation sites (tertiary alicyclic amines) is 1. The molecule has 0 radical (unpaired) electrons. The monoisotopic (exact) mass is 564 g/mol. The minimum absolute atomic E-state index is 0.0109. The number of hydrogen-bond donors (Lipinski definition) is 2. The van der Waals surface area contributed by atoms with Crippen molar-refractivity contribution in [2.24, 2.45) is 4.99 Å². The predicted molar refractivity (Wildman–Crippen MR) is 162 cm³/mol. The highest BCUT2D eigenvalue weighted by Gasteiger charge is 2.34. The average molecular weight is 565 g/mol. The first-order chi connectivity index (χ1) is 20.5. The van der Waals surface area contributed by atoms with E-state index in [-0.39, 0.29) is 30.1 Å². The Morgan fingerprint density at radius 1 is 1.05 bits per heavy atom. The first kappa shape index (κ1) is 27.4. The zero-order valence-electron chi connectivity index (χ0n) is 23.4. The maximum Gasteiger partial charge on any atom is 0.243 e. The number of rotatable bonds is 9. The molecule has 0 bridgehead atoms. The molecule has 0 unspecified atom stereocenters. The normalized spacial score (nSPS) is 18.0. The van der Waals surface area contributed by atoms with Crippen LogP contribution in [0.25, 0.3) is 16.5 Å². The molecule has 7 nitrogen and oxygen atoms in total. The lowest BCUT2D eigenvalue weighted by molar-refractivity contribution is -0.135. The third kappa shape index (κ3) is 5.84. The summed E-state index contributed by atoms with van der Waals surface area (Å²) in [5, 5.41) is 7.11. The van der Waals surface area contributed by atoms with Crippen LogP contribution < -0.4 is 10.6 Å². The number of carbonyl (C=O) groups excluding carboxylic acids is 2. The number of amides is 2. The second kappa shape index (κ2) is 12.0. The maximum absolute atomic E-state index is 14.3. The van der Waals surface area contributed by atoms with Gasteiger partial charge in [-0.2, -0.15) is 0 Å². The average Bonchev–Trinajstić information content (AvgIpc) is 3.77. The van der Waals surface area contributed by atoms with Crippen molar-refractivity contribution in [2.75, 3.05) is 11.9 Å². The second-order valence-electron chi connectivity index (χ2n) is 10.9. The Kier molecular flexibility index (Phi) is 7.86. The van der Waals surface area contributed by atoms with E-state index < -0.39 is 12.1 Å². The van der Waals surface area contributed by atoms with Crippen LogP contribution >= 0.6 is 0 Å². The summed E-state index contributed by atoms with van der Waals surface area (Å²) in [5.74, 6) is -0.325. The Bertz CT molecular complexity index is 1630. The molecule has 2 aliphatic heterocycles. The second-order valence-corrected chi connectivity index (χ2v) is 10.9. The molecule has 1 aromatic heterocycles. The third-order valence-corrected chi connectivity index (χ3v) is 8.03. The van der Waals surface area contributed by atoms with Crippen LogP contribution in [-0.4, -0.2) is 41.1 Å². The van der Waals surface area contributed by atoms with Gasteiger partial charge >= 0.3 is 0 Å². The zero-order chi connectivity index (χ0) is 29.1. The molecule has 2 aliphatic rings. The fourth-order valence-electron chi connectivity index (χ4n) is 5.81. The lowest BCUT2D eigenvalue weighted by Crippen LogP contribution is -2.48. The molecular weight excluding hydrogens is 531 g/mol. The van der Waals surface area contributed by atoms with Crippen LogP contribution in [0, 0.1) is 5.82 Å². The Labute approximate surface area is 244 Å². The zero-order valence-corrected chi connectivity index (χ0v) is 23.4. The van der Waals surface area contributed by atoms with Crippen molar-refractivity contribution < 1.29 is 18.4 Å². The van der Waals surface area contributed by atoms with Gasteiger partial charge in [0, 0.05) is 41.9 Å². The molecule has 3 heterocycles. The molecule has 2 amide bonds. The molecule has 42 heavy (non-hydrogen) atoms. The quantitative estimate of drug-likeness (QED) is 0.243. The molecule has 0 aliphatic carbocycles. The van der Waals surface area contributed by atoms with E-state index in [1.54, 1.807) is 24.4 Å². The summed E-state index contributed by atoms with van der Waals surface area (Å²) < 4.78 is 20.3. The number of halogens is 1. The first-order valence-corrected chi connectivity index (χ1v) is 14.4. The van der Waals surface area contributed by atoms with Gasteiger partial charge in [-0.3, -0.25) is 14.6 Å². The molecule has 3 aromatic carbocycles. The van der Waals surface area contributed by atoms with E-state index in [4.69, 9.17) is 4.42 Å². The van der Waals surface area contributed by atoms with E-state index in [9.17, 15) is 14.0 Å².